The molecule has 0 unspecified atom stereocenters. The van der Waals surface area contributed by atoms with E-state index in [4.69, 9.17) is 5.73 Å². The second-order valence-electron chi connectivity index (χ2n) is 5.08. The van der Waals surface area contributed by atoms with Crippen molar-refractivity contribution in [2.24, 2.45) is 12.8 Å². The van der Waals surface area contributed by atoms with E-state index in [-0.39, 0.29) is 11.0 Å². The van der Waals surface area contributed by atoms with Crippen molar-refractivity contribution >= 4 is 0 Å². The smallest absolute Gasteiger partial charge is 0.0521 e. The van der Waals surface area contributed by atoms with E-state index in [2.05, 4.69) is 25.9 Å². The Hall–Kier alpha value is -0.830. The van der Waals surface area contributed by atoms with Crippen molar-refractivity contribution in [2.45, 2.75) is 44.6 Å². The van der Waals surface area contributed by atoms with Gasteiger partial charge in [-0.1, -0.05) is 13.8 Å². The highest BCUT2D eigenvalue weighted by Gasteiger charge is 2.53. The van der Waals surface area contributed by atoms with E-state index in [1.807, 2.05) is 17.9 Å². The zero-order valence-corrected chi connectivity index (χ0v) is 9.46. The van der Waals surface area contributed by atoms with Crippen LogP contribution >= 0.6 is 0 Å². The van der Waals surface area contributed by atoms with Crippen LogP contribution in [0.1, 0.15) is 37.9 Å². The number of hydrogen-bond acceptors (Lipinski definition) is 2. The molecule has 0 aliphatic heterocycles. The number of nitrogens with zero attached hydrogens (tertiary/aromatic N) is 2. The monoisotopic (exact) mass is 193 g/mol. The summed E-state index contributed by atoms with van der Waals surface area (Å²) >= 11 is 0. The second kappa shape index (κ2) is 2.60. The van der Waals surface area contributed by atoms with Gasteiger partial charge in [0.2, 0.25) is 0 Å². The van der Waals surface area contributed by atoms with Gasteiger partial charge in [-0.3, -0.25) is 4.68 Å². The summed E-state index contributed by atoms with van der Waals surface area (Å²) in [6, 6.07) is 0. The van der Waals surface area contributed by atoms with Crippen molar-refractivity contribution in [3.05, 3.63) is 17.5 Å². The van der Waals surface area contributed by atoms with Gasteiger partial charge < -0.3 is 5.73 Å². The van der Waals surface area contributed by atoms with Crippen LogP contribution in [0.4, 0.5) is 0 Å². The summed E-state index contributed by atoms with van der Waals surface area (Å²) in [5, 5.41) is 4.28. The van der Waals surface area contributed by atoms with Crippen molar-refractivity contribution in [3.63, 3.8) is 0 Å². The van der Waals surface area contributed by atoms with Crippen LogP contribution in [0.5, 0.6) is 0 Å². The Kier molecular flexibility index (Phi) is 1.80. The van der Waals surface area contributed by atoms with Gasteiger partial charge in [-0.15, -0.1) is 0 Å². The molecule has 1 aliphatic rings. The first-order chi connectivity index (χ1) is 6.38. The topological polar surface area (TPSA) is 43.8 Å². The van der Waals surface area contributed by atoms with E-state index in [1.165, 1.54) is 11.3 Å². The lowest BCUT2D eigenvalue weighted by molar-refractivity contribution is 0.364. The molecule has 78 valence electrons. The second-order valence-corrected chi connectivity index (χ2v) is 5.08. The summed E-state index contributed by atoms with van der Waals surface area (Å²) in [5.74, 6) is 0. The highest BCUT2D eigenvalue weighted by atomic mass is 15.3. The summed E-state index contributed by atoms with van der Waals surface area (Å²) in [7, 11) is 2.00. The van der Waals surface area contributed by atoms with Gasteiger partial charge in [-0.25, -0.2) is 0 Å². The van der Waals surface area contributed by atoms with Crippen molar-refractivity contribution in [3.8, 4) is 0 Å². The molecule has 2 N–H and O–H groups in total. The molecular formula is C11H19N3. The molecule has 1 fully saturated rings. The van der Waals surface area contributed by atoms with Gasteiger partial charge in [0.15, 0.2) is 0 Å². The number of nitrogens with two attached hydrogens (primary N) is 1. The van der Waals surface area contributed by atoms with E-state index in [1.54, 1.807) is 0 Å². The highest BCUT2D eigenvalue weighted by molar-refractivity contribution is 5.32. The van der Waals surface area contributed by atoms with E-state index >= 15 is 0 Å². The maximum absolute atomic E-state index is 6.31. The summed E-state index contributed by atoms with van der Waals surface area (Å²) in [6.07, 6.45) is 4.18. The third-order valence-electron chi connectivity index (χ3n) is 3.75. The van der Waals surface area contributed by atoms with Gasteiger partial charge in [-0.05, 0) is 25.3 Å². The van der Waals surface area contributed by atoms with Gasteiger partial charge in [0, 0.05) is 23.7 Å². The fourth-order valence-electron chi connectivity index (χ4n) is 2.44. The number of aryl methyl sites for hydroxylation is 2. The summed E-state index contributed by atoms with van der Waals surface area (Å²) < 4.78 is 1.96. The lowest BCUT2D eigenvalue weighted by Crippen LogP contribution is -2.44. The largest absolute Gasteiger partial charge is 0.324 e. The molecule has 0 amide bonds. The first-order valence-corrected chi connectivity index (χ1v) is 5.16. The van der Waals surface area contributed by atoms with Gasteiger partial charge in [-0.2, -0.15) is 5.10 Å². The van der Waals surface area contributed by atoms with Crippen molar-refractivity contribution < 1.29 is 0 Å². The number of rotatable bonds is 2. The van der Waals surface area contributed by atoms with E-state index in [0.717, 1.165) is 12.8 Å². The van der Waals surface area contributed by atoms with Crippen LogP contribution in [0.3, 0.4) is 0 Å². The molecule has 0 spiro atoms. The molecule has 0 atom stereocenters. The molecule has 1 aromatic rings. The molecule has 1 saturated carbocycles. The van der Waals surface area contributed by atoms with Gasteiger partial charge in [0.1, 0.15) is 0 Å². The quantitative estimate of drug-likeness (QED) is 0.773. The lowest BCUT2D eigenvalue weighted by atomic mass is 9.78. The molecule has 0 radical (unpaired) electrons. The Labute approximate surface area is 85.3 Å². The molecule has 1 aliphatic carbocycles. The molecule has 2 rings (SSSR count). The number of aromatic nitrogens is 2. The Morgan fingerprint density at radius 3 is 2.43 bits per heavy atom. The Morgan fingerprint density at radius 1 is 1.50 bits per heavy atom. The average Bonchev–Trinajstić information content (AvgIpc) is 2.73. The summed E-state index contributed by atoms with van der Waals surface area (Å²) in [5.41, 5.74) is 8.85. The third-order valence-corrected chi connectivity index (χ3v) is 3.75. The first-order valence-electron chi connectivity index (χ1n) is 5.16. The van der Waals surface area contributed by atoms with E-state index in [9.17, 15) is 0 Å². The highest BCUT2D eigenvalue weighted by Crippen LogP contribution is 2.49. The minimum Gasteiger partial charge on any atom is -0.324 e. The Bertz CT molecular complexity index is 339. The summed E-state index contributed by atoms with van der Waals surface area (Å²) in [6.45, 7) is 6.56. The van der Waals surface area contributed by atoms with Crippen LogP contribution in [-0.4, -0.2) is 15.3 Å². The SMILES string of the molecule is Cc1cnn(C)c1C(C)(C)C1(N)CC1. The van der Waals surface area contributed by atoms with Crippen LogP contribution in [-0.2, 0) is 12.5 Å². The van der Waals surface area contributed by atoms with Crippen LogP contribution in [0.15, 0.2) is 6.20 Å². The van der Waals surface area contributed by atoms with Gasteiger partial charge in [0.05, 0.1) is 6.20 Å². The maximum Gasteiger partial charge on any atom is 0.0521 e. The molecule has 1 heterocycles. The van der Waals surface area contributed by atoms with Crippen LogP contribution in [0.25, 0.3) is 0 Å². The molecule has 0 saturated heterocycles. The van der Waals surface area contributed by atoms with Crippen LogP contribution < -0.4 is 5.73 Å². The molecular weight excluding hydrogens is 174 g/mol. The Balaban J connectivity index is 2.48. The average molecular weight is 193 g/mol. The molecule has 1 aromatic heterocycles. The van der Waals surface area contributed by atoms with Crippen molar-refractivity contribution in [1.82, 2.24) is 9.78 Å². The van der Waals surface area contributed by atoms with Gasteiger partial charge in [0.25, 0.3) is 0 Å². The third kappa shape index (κ3) is 1.12. The fourth-order valence-corrected chi connectivity index (χ4v) is 2.44. The lowest BCUT2D eigenvalue weighted by Gasteiger charge is -2.32. The summed E-state index contributed by atoms with van der Waals surface area (Å²) in [4.78, 5) is 0. The van der Waals surface area contributed by atoms with Gasteiger partial charge >= 0.3 is 0 Å². The first kappa shape index (κ1) is 9.71. The predicted octanol–water partition coefficient (Wildman–Crippen LogP) is 1.50. The minimum absolute atomic E-state index is 0.00838. The predicted molar refractivity (Wildman–Crippen MR) is 57.1 cm³/mol. The zero-order chi connectivity index (χ0) is 10.6. The molecule has 3 heteroatoms. The standard InChI is InChI=1S/C11H19N3/c1-8-7-13-14(4)9(8)10(2,3)11(12)5-6-11/h7H,5-6,12H2,1-4H3. The molecule has 14 heavy (non-hydrogen) atoms. The fraction of sp³-hybridized carbons (Fsp3) is 0.727. The molecule has 3 nitrogen and oxygen atoms in total. The normalized spacial score (nSPS) is 19.8. The maximum atomic E-state index is 6.31. The van der Waals surface area contributed by atoms with Crippen LogP contribution in [0, 0.1) is 6.92 Å². The minimum atomic E-state index is -0.00838. The van der Waals surface area contributed by atoms with Crippen molar-refractivity contribution in [1.29, 1.82) is 0 Å². The number of hydrogen-bond donors (Lipinski definition) is 1. The van der Waals surface area contributed by atoms with E-state index < -0.39 is 0 Å². The molecule has 0 bridgehead atoms. The molecule has 0 aromatic carbocycles. The van der Waals surface area contributed by atoms with Crippen LogP contribution in [0.2, 0.25) is 0 Å². The zero-order valence-electron chi connectivity index (χ0n) is 9.46. The van der Waals surface area contributed by atoms with E-state index in [0.29, 0.717) is 0 Å². The Morgan fingerprint density at radius 2 is 2.07 bits per heavy atom. The van der Waals surface area contributed by atoms with Crippen molar-refractivity contribution in [2.75, 3.05) is 0 Å².